The molecule has 4 heteroatoms. The third-order valence-electron chi connectivity index (χ3n) is 3.20. The van der Waals surface area contributed by atoms with E-state index >= 15 is 0 Å². The zero-order valence-electron chi connectivity index (χ0n) is 10.7. The Kier molecular flexibility index (Phi) is 5.77. The van der Waals surface area contributed by atoms with E-state index in [-0.39, 0.29) is 12.5 Å². The van der Waals surface area contributed by atoms with Gasteiger partial charge in [-0.05, 0) is 25.8 Å². The van der Waals surface area contributed by atoms with Gasteiger partial charge in [0, 0.05) is 25.7 Å². The second-order valence-corrected chi connectivity index (χ2v) is 4.55. The second kappa shape index (κ2) is 6.86. The minimum absolute atomic E-state index is 0.134. The molecule has 1 aliphatic heterocycles. The third kappa shape index (κ3) is 3.76. The van der Waals surface area contributed by atoms with Crippen molar-refractivity contribution in [3.63, 3.8) is 0 Å². The SMILES string of the molecule is CCCOCC(=O)N1CCC(NC)C(C)C1. The molecule has 94 valence electrons. The Morgan fingerprint density at radius 3 is 2.88 bits per heavy atom. The lowest BCUT2D eigenvalue weighted by molar-refractivity contribution is -0.138. The summed E-state index contributed by atoms with van der Waals surface area (Å²) in [5, 5.41) is 3.30. The van der Waals surface area contributed by atoms with Crippen molar-refractivity contribution in [1.29, 1.82) is 0 Å². The van der Waals surface area contributed by atoms with E-state index in [2.05, 4.69) is 12.2 Å². The number of hydrogen-bond acceptors (Lipinski definition) is 3. The van der Waals surface area contributed by atoms with Gasteiger partial charge in [-0.1, -0.05) is 13.8 Å². The first-order chi connectivity index (χ1) is 7.69. The highest BCUT2D eigenvalue weighted by atomic mass is 16.5. The standard InChI is InChI=1S/C12H24N2O2/c1-4-7-16-9-12(15)14-6-5-11(13-3)10(2)8-14/h10-11,13H,4-9H2,1-3H3. The molecule has 0 spiro atoms. The van der Waals surface area contributed by atoms with Crippen LogP contribution in [0.1, 0.15) is 26.7 Å². The molecule has 0 aromatic heterocycles. The smallest absolute Gasteiger partial charge is 0.248 e. The Morgan fingerprint density at radius 1 is 1.56 bits per heavy atom. The molecular weight excluding hydrogens is 204 g/mol. The van der Waals surface area contributed by atoms with Crippen LogP contribution in [0.2, 0.25) is 0 Å². The van der Waals surface area contributed by atoms with Crippen LogP contribution in [-0.2, 0) is 9.53 Å². The third-order valence-corrected chi connectivity index (χ3v) is 3.20. The van der Waals surface area contributed by atoms with Gasteiger partial charge in [0.1, 0.15) is 6.61 Å². The number of ether oxygens (including phenoxy) is 1. The van der Waals surface area contributed by atoms with E-state index in [1.54, 1.807) is 0 Å². The number of amides is 1. The number of carbonyl (C=O) groups excluding carboxylic acids is 1. The van der Waals surface area contributed by atoms with Crippen molar-refractivity contribution < 1.29 is 9.53 Å². The van der Waals surface area contributed by atoms with Gasteiger partial charge < -0.3 is 15.0 Å². The van der Waals surface area contributed by atoms with Crippen LogP contribution in [0.15, 0.2) is 0 Å². The summed E-state index contributed by atoms with van der Waals surface area (Å²) in [6, 6.07) is 0.542. The predicted octanol–water partition coefficient (Wildman–Crippen LogP) is 0.869. The molecule has 0 bridgehead atoms. The van der Waals surface area contributed by atoms with Crippen molar-refractivity contribution in [2.24, 2.45) is 5.92 Å². The summed E-state index contributed by atoms with van der Waals surface area (Å²) in [5.74, 6) is 0.656. The van der Waals surface area contributed by atoms with Gasteiger partial charge in [-0.3, -0.25) is 4.79 Å². The highest BCUT2D eigenvalue weighted by molar-refractivity contribution is 5.77. The van der Waals surface area contributed by atoms with Crippen LogP contribution in [0.4, 0.5) is 0 Å². The highest BCUT2D eigenvalue weighted by Crippen LogP contribution is 2.16. The highest BCUT2D eigenvalue weighted by Gasteiger charge is 2.27. The lowest BCUT2D eigenvalue weighted by Crippen LogP contribution is -2.50. The maximum absolute atomic E-state index is 11.8. The first-order valence-electron chi connectivity index (χ1n) is 6.21. The molecule has 1 heterocycles. The molecule has 2 atom stereocenters. The first kappa shape index (κ1) is 13.5. The molecule has 2 unspecified atom stereocenters. The average molecular weight is 228 g/mol. The monoisotopic (exact) mass is 228 g/mol. The van der Waals surface area contributed by atoms with Gasteiger partial charge in [-0.25, -0.2) is 0 Å². The predicted molar refractivity (Wildman–Crippen MR) is 64.3 cm³/mol. The minimum Gasteiger partial charge on any atom is -0.372 e. The van der Waals surface area contributed by atoms with Gasteiger partial charge in [0.25, 0.3) is 0 Å². The van der Waals surface area contributed by atoms with E-state index in [1.807, 2.05) is 18.9 Å². The van der Waals surface area contributed by atoms with E-state index < -0.39 is 0 Å². The summed E-state index contributed by atoms with van der Waals surface area (Å²) in [4.78, 5) is 13.7. The number of nitrogens with one attached hydrogen (secondary N) is 1. The molecule has 1 fully saturated rings. The molecule has 4 nitrogen and oxygen atoms in total. The molecule has 0 saturated carbocycles. The second-order valence-electron chi connectivity index (χ2n) is 4.55. The summed E-state index contributed by atoms with van der Waals surface area (Å²) in [6.07, 6.45) is 2.00. The molecule has 1 saturated heterocycles. The molecular formula is C12H24N2O2. The number of hydrogen-bond donors (Lipinski definition) is 1. The molecule has 1 N–H and O–H groups in total. The maximum Gasteiger partial charge on any atom is 0.248 e. The lowest BCUT2D eigenvalue weighted by atomic mass is 9.94. The van der Waals surface area contributed by atoms with Crippen LogP contribution in [0.3, 0.4) is 0 Å². The minimum atomic E-state index is 0.134. The molecule has 0 aliphatic carbocycles. The zero-order chi connectivity index (χ0) is 12.0. The summed E-state index contributed by atoms with van der Waals surface area (Å²) in [5.41, 5.74) is 0. The number of rotatable bonds is 5. The number of likely N-dealkylation sites (tertiary alicyclic amines) is 1. The van der Waals surface area contributed by atoms with Crippen molar-refractivity contribution in [3.05, 3.63) is 0 Å². The van der Waals surface area contributed by atoms with E-state index in [4.69, 9.17) is 4.74 Å². The van der Waals surface area contributed by atoms with Crippen LogP contribution in [-0.4, -0.2) is 50.2 Å². The lowest BCUT2D eigenvalue weighted by Gasteiger charge is -2.36. The van der Waals surface area contributed by atoms with Gasteiger partial charge >= 0.3 is 0 Å². The number of piperidine rings is 1. The zero-order valence-corrected chi connectivity index (χ0v) is 10.7. The normalized spacial score (nSPS) is 25.8. The van der Waals surface area contributed by atoms with E-state index in [0.29, 0.717) is 18.6 Å². The summed E-state index contributed by atoms with van der Waals surface area (Å²) < 4.78 is 5.28. The van der Waals surface area contributed by atoms with Gasteiger partial charge in [-0.15, -0.1) is 0 Å². The van der Waals surface area contributed by atoms with E-state index in [0.717, 1.165) is 25.9 Å². The van der Waals surface area contributed by atoms with Crippen molar-refractivity contribution in [2.75, 3.05) is 33.4 Å². The van der Waals surface area contributed by atoms with Crippen molar-refractivity contribution in [1.82, 2.24) is 10.2 Å². The van der Waals surface area contributed by atoms with Gasteiger partial charge in [0.2, 0.25) is 5.91 Å². The van der Waals surface area contributed by atoms with Crippen LogP contribution in [0, 0.1) is 5.92 Å². The summed E-state index contributed by atoms with van der Waals surface area (Å²) in [6.45, 7) is 6.85. The van der Waals surface area contributed by atoms with Crippen LogP contribution < -0.4 is 5.32 Å². The quantitative estimate of drug-likeness (QED) is 0.710. The van der Waals surface area contributed by atoms with Gasteiger partial charge in [0.05, 0.1) is 0 Å². The fourth-order valence-corrected chi connectivity index (χ4v) is 2.20. The Hall–Kier alpha value is -0.610. The Bertz CT molecular complexity index is 221. The van der Waals surface area contributed by atoms with Crippen molar-refractivity contribution in [3.8, 4) is 0 Å². The Morgan fingerprint density at radius 2 is 2.31 bits per heavy atom. The van der Waals surface area contributed by atoms with Gasteiger partial charge in [-0.2, -0.15) is 0 Å². The van der Waals surface area contributed by atoms with Gasteiger partial charge in [0.15, 0.2) is 0 Å². The number of carbonyl (C=O) groups is 1. The van der Waals surface area contributed by atoms with E-state index in [9.17, 15) is 4.79 Å². The topological polar surface area (TPSA) is 41.6 Å². The summed E-state index contributed by atoms with van der Waals surface area (Å²) in [7, 11) is 1.99. The molecule has 1 amide bonds. The molecule has 16 heavy (non-hydrogen) atoms. The molecule has 1 rings (SSSR count). The molecule has 1 aliphatic rings. The Labute approximate surface area is 98.3 Å². The van der Waals surface area contributed by atoms with Crippen LogP contribution in [0.25, 0.3) is 0 Å². The molecule has 0 radical (unpaired) electrons. The first-order valence-corrected chi connectivity index (χ1v) is 6.21. The van der Waals surface area contributed by atoms with Crippen LogP contribution >= 0.6 is 0 Å². The molecule has 0 aromatic rings. The fraction of sp³-hybridized carbons (Fsp3) is 0.917. The number of nitrogens with zero attached hydrogens (tertiary/aromatic N) is 1. The van der Waals surface area contributed by atoms with Crippen molar-refractivity contribution in [2.45, 2.75) is 32.7 Å². The average Bonchev–Trinajstić information content (AvgIpc) is 2.29. The van der Waals surface area contributed by atoms with Crippen LogP contribution in [0.5, 0.6) is 0 Å². The Balaban J connectivity index is 2.30. The van der Waals surface area contributed by atoms with Crippen molar-refractivity contribution >= 4 is 5.91 Å². The fourth-order valence-electron chi connectivity index (χ4n) is 2.20. The maximum atomic E-state index is 11.8. The largest absolute Gasteiger partial charge is 0.372 e. The summed E-state index contributed by atoms with van der Waals surface area (Å²) >= 11 is 0. The molecule has 0 aromatic carbocycles. The van der Waals surface area contributed by atoms with E-state index in [1.165, 1.54) is 0 Å².